The van der Waals surface area contributed by atoms with E-state index in [0.29, 0.717) is 18.6 Å². The Hall–Kier alpha value is -3.35. The van der Waals surface area contributed by atoms with Crippen molar-refractivity contribution in [1.82, 2.24) is 10.6 Å². The van der Waals surface area contributed by atoms with Crippen LogP contribution in [-0.2, 0) is 27.2 Å². The Morgan fingerprint density at radius 2 is 1.85 bits per heavy atom. The standard InChI is InChI=1S/C20H20N2O5/c23-17(10-13-4-2-1-3-5-13)21-12-18(24)22-19(20(25)26)15-6-7-16-14(11-15)8-9-27-16/h1-7,11,19H,8-10,12H2,(H,21,23)(H,22,24)(H,25,26). The van der Waals surface area contributed by atoms with Crippen LogP contribution in [0.25, 0.3) is 0 Å². The van der Waals surface area contributed by atoms with Gasteiger partial charge in [-0.2, -0.15) is 0 Å². The second-order valence-corrected chi connectivity index (χ2v) is 6.24. The number of carboxylic acids is 1. The second kappa shape index (κ2) is 8.35. The molecule has 7 nitrogen and oxygen atoms in total. The van der Waals surface area contributed by atoms with Crippen molar-refractivity contribution in [3.05, 3.63) is 65.2 Å². The van der Waals surface area contributed by atoms with Crippen molar-refractivity contribution < 1.29 is 24.2 Å². The predicted molar refractivity (Wildman–Crippen MR) is 97.3 cm³/mol. The van der Waals surface area contributed by atoms with Crippen molar-refractivity contribution in [2.24, 2.45) is 0 Å². The molecule has 140 valence electrons. The highest BCUT2D eigenvalue weighted by atomic mass is 16.5. The third-order valence-corrected chi connectivity index (χ3v) is 4.25. The highest BCUT2D eigenvalue weighted by Crippen LogP contribution is 2.28. The van der Waals surface area contributed by atoms with Crippen LogP contribution < -0.4 is 15.4 Å². The first-order valence-corrected chi connectivity index (χ1v) is 8.61. The maximum absolute atomic E-state index is 12.1. The van der Waals surface area contributed by atoms with Gasteiger partial charge >= 0.3 is 5.97 Å². The summed E-state index contributed by atoms with van der Waals surface area (Å²) in [6.45, 7) is 0.278. The molecule has 2 aromatic rings. The zero-order valence-electron chi connectivity index (χ0n) is 14.6. The molecule has 1 aliphatic rings. The first-order chi connectivity index (χ1) is 13.0. The lowest BCUT2D eigenvalue weighted by molar-refractivity contribution is -0.141. The number of hydrogen-bond acceptors (Lipinski definition) is 4. The van der Waals surface area contributed by atoms with Gasteiger partial charge in [-0.1, -0.05) is 36.4 Å². The fraction of sp³-hybridized carbons (Fsp3) is 0.250. The number of carboxylic acid groups (broad SMARTS) is 1. The van der Waals surface area contributed by atoms with E-state index >= 15 is 0 Å². The summed E-state index contributed by atoms with van der Waals surface area (Å²) in [7, 11) is 0. The van der Waals surface area contributed by atoms with Gasteiger partial charge in [-0.05, 0) is 28.8 Å². The molecule has 0 radical (unpaired) electrons. The molecule has 2 amide bonds. The monoisotopic (exact) mass is 368 g/mol. The molecule has 0 spiro atoms. The summed E-state index contributed by atoms with van der Waals surface area (Å²) >= 11 is 0. The minimum atomic E-state index is -1.19. The number of benzene rings is 2. The van der Waals surface area contributed by atoms with Crippen LogP contribution in [0.5, 0.6) is 5.75 Å². The zero-order valence-corrected chi connectivity index (χ0v) is 14.6. The quantitative estimate of drug-likeness (QED) is 0.682. The first-order valence-electron chi connectivity index (χ1n) is 8.61. The normalized spacial score (nSPS) is 13.2. The number of rotatable bonds is 7. The molecule has 27 heavy (non-hydrogen) atoms. The van der Waals surface area contributed by atoms with Crippen LogP contribution in [0.4, 0.5) is 0 Å². The molecule has 0 aliphatic carbocycles. The molecule has 0 saturated carbocycles. The SMILES string of the molecule is O=C(Cc1ccccc1)NCC(=O)NC(C(=O)O)c1ccc2c(c1)CCO2. The largest absolute Gasteiger partial charge is 0.493 e. The van der Waals surface area contributed by atoms with Gasteiger partial charge in [0.2, 0.25) is 11.8 Å². The van der Waals surface area contributed by atoms with E-state index in [2.05, 4.69) is 10.6 Å². The Bertz CT molecular complexity index is 851. The molecule has 7 heteroatoms. The molecule has 0 aromatic heterocycles. The lowest BCUT2D eigenvalue weighted by Gasteiger charge is -2.16. The maximum atomic E-state index is 12.1. The van der Waals surface area contributed by atoms with E-state index < -0.39 is 17.9 Å². The fourth-order valence-corrected chi connectivity index (χ4v) is 2.91. The molecule has 0 saturated heterocycles. The van der Waals surface area contributed by atoms with E-state index in [1.165, 1.54) is 0 Å². The number of nitrogens with one attached hydrogen (secondary N) is 2. The van der Waals surface area contributed by atoms with Crippen molar-refractivity contribution in [2.75, 3.05) is 13.2 Å². The number of fused-ring (bicyclic) bond motifs is 1. The van der Waals surface area contributed by atoms with Gasteiger partial charge in [0.1, 0.15) is 5.75 Å². The van der Waals surface area contributed by atoms with Crippen LogP contribution in [0, 0.1) is 0 Å². The van der Waals surface area contributed by atoms with Crippen LogP contribution in [0.15, 0.2) is 48.5 Å². The molecule has 2 aromatic carbocycles. The summed E-state index contributed by atoms with van der Waals surface area (Å²) < 4.78 is 5.41. The molecule has 1 unspecified atom stereocenters. The van der Waals surface area contributed by atoms with Crippen LogP contribution >= 0.6 is 0 Å². The van der Waals surface area contributed by atoms with E-state index in [0.717, 1.165) is 16.9 Å². The summed E-state index contributed by atoms with van der Waals surface area (Å²) in [4.78, 5) is 35.6. The highest BCUT2D eigenvalue weighted by molar-refractivity contribution is 5.89. The molecule has 3 N–H and O–H groups in total. The van der Waals surface area contributed by atoms with Gasteiger partial charge in [0, 0.05) is 6.42 Å². The molecular weight excluding hydrogens is 348 g/mol. The molecule has 1 atom stereocenters. The summed E-state index contributed by atoms with van der Waals surface area (Å²) in [6, 6.07) is 13.0. The lowest BCUT2D eigenvalue weighted by atomic mass is 10.0. The third kappa shape index (κ3) is 4.84. The summed E-state index contributed by atoms with van der Waals surface area (Å²) in [6.07, 6.45) is 0.861. The summed E-state index contributed by atoms with van der Waals surface area (Å²) in [5.41, 5.74) is 2.22. The molecule has 3 rings (SSSR count). The third-order valence-electron chi connectivity index (χ3n) is 4.25. The molecule has 0 fully saturated rings. The summed E-state index contributed by atoms with van der Waals surface area (Å²) in [5, 5.41) is 14.4. The number of aliphatic carboxylic acids is 1. The minimum absolute atomic E-state index is 0.154. The molecular formula is C20H20N2O5. The van der Waals surface area contributed by atoms with Gasteiger partial charge in [0.05, 0.1) is 19.6 Å². The van der Waals surface area contributed by atoms with Crippen molar-refractivity contribution in [3.63, 3.8) is 0 Å². The van der Waals surface area contributed by atoms with E-state index in [4.69, 9.17) is 4.74 Å². The van der Waals surface area contributed by atoms with Gasteiger partial charge in [0.25, 0.3) is 0 Å². The minimum Gasteiger partial charge on any atom is -0.493 e. The zero-order chi connectivity index (χ0) is 19.2. The Morgan fingerprint density at radius 3 is 2.59 bits per heavy atom. The van der Waals surface area contributed by atoms with Crippen molar-refractivity contribution in [3.8, 4) is 5.75 Å². The summed E-state index contributed by atoms with van der Waals surface area (Å²) in [5.74, 6) is -1.31. The number of hydrogen-bond donors (Lipinski definition) is 3. The van der Waals surface area contributed by atoms with Gasteiger partial charge in [0.15, 0.2) is 6.04 Å². The van der Waals surface area contributed by atoms with Crippen LogP contribution in [0.2, 0.25) is 0 Å². The smallest absolute Gasteiger partial charge is 0.330 e. The Balaban J connectivity index is 1.56. The van der Waals surface area contributed by atoms with E-state index in [-0.39, 0.29) is 18.9 Å². The molecule has 1 aliphatic heterocycles. The topological polar surface area (TPSA) is 105 Å². The van der Waals surface area contributed by atoms with Gasteiger partial charge < -0.3 is 20.5 Å². The van der Waals surface area contributed by atoms with Crippen molar-refractivity contribution in [1.29, 1.82) is 0 Å². The van der Waals surface area contributed by atoms with E-state index in [9.17, 15) is 19.5 Å². The molecule has 0 bridgehead atoms. The van der Waals surface area contributed by atoms with Crippen molar-refractivity contribution in [2.45, 2.75) is 18.9 Å². The van der Waals surface area contributed by atoms with Crippen LogP contribution in [0.3, 0.4) is 0 Å². The van der Waals surface area contributed by atoms with E-state index in [1.54, 1.807) is 18.2 Å². The average molecular weight is 368 g/mol. The number of amides is 2. The lowest BCUT2D eigenvalue weighted by Crippen LogP contribution is -2.41. The Morgan fingerprint density at radius 1 is 1.07 bits per heavy atom. The molecule has 1 heterocycles. The number of ether oxygens (including phenoxy) is 1. The van der Waals surface area contributed by atoms with Crippen LogP contribution in [0.1, 0.15) is 22.7 Å². The Kier molecular flexibility index (Phi) is 5.71. The predicted octanol–water partition coefficient (Wildman–Crippen LogP) is 1.22. The number of carbonyl (C=O) groups excluding carboxylic acids is 2. The first kappa shape index (κ1) is 18.4. The average Bonchev–Trinajstić information content (AvgIpc) is 3.13. The number of carbonyl (C=O) groups is 3. The van der Waals surface area contributed by atoms with Crippen molar-refractivity contribution >= 4 is 17.8 Å². The fourth-order valence-electron chi connectivity index (χ4n) is 2.91. The van der Waals surface area contributed by atoms with Gasteiger partial charge in [-0.25, -0.2) is 4.79 Å². The van der Waals surface area contributed by atoms with Gasteiger partial charge in [-0.15, -0.1) is 0 Å². The Labute approximate surface area is 156 Å². The maximum Gasteiger partial charge on any atom is 0.330 e. The van der Waals surface area contributed by atoms with Gasteiger partial charge in [-0.3, -0.25) is 9.59 Å². The highest BCUT2D eigenvalue weighted by Gasteiger charge is 2.24. The van der Waals surface area contributed by atoms with Crippen LogP contribution in [-0.4, -0.2) is 36.0 Å². The van der Waals surface area contributed by atoms with E-state index in [1.807, 2.05) is 30.3 Å². The second-order valence-electron chi connectivity index (χ2n) is 6.24.